The van der Waals surface area contributed by atoms with Crippen LogP contribution in [-0.2, 0) is 16.6 Å². The SMILES string of the molecule is Cn1cnnc1SCC(=O)OC(C)(C)C. The molecule has 0 radical (unpaired) electrons. The molecule has 0 unspecified atom stereocenters. The molecule has 15 heavy (non-hydrogen) atoms. The third-order valence-corrected chi connectivity index (χ3v) is 2.42. The van der Waals surface area contributed by atoms with Crippen molar-refractivity contribution in [2.24, 2.45) is 7.05 Å². The zero-order chi connectivity index (χ0) is 11.5. The van der Waals surface area contributed by atoms with Crippen LogP contribution in [-0.4, -0.2) is 32.1 Å². The summed E-state index contributed by atoms with van der Waals surface area (Å²) in [5.41, 5.74) is -0.433. The van der Waals surface area contributed by atoms with Crippen molar-refractivity contribution in [3.05, 3.63) is 6.33 Å². The first kappa shape index (κ1) is 12.0. The number of rotatable bonds is 3. The number of nitrogens with zero attached hydrogens (tertiary/aromatic N) is 3. The minimum absolute atomic E-state index is 0.240. The Balaban J connectivity index is 2.38. The van der Waals surface area contributed by atoms with Gasteiger partial charge in [0.25, 0.3) is 0 Å². The minimum atomic E-state index is -0.433. The molecule has 0 spiro atoms. The van der Waals surface area contributed by atoms with Gasteiger partial charge in [0.15, 0.2) is 5.16 Å². The molecule has 0 aliphatic heterocycles. The van der Waals surface area contributed by atoms with Gasteiger partial charge in [0.05, 0.1) is 5.75 Å². The Hall–Kier alpha value is -1.04. The molecular formula is C9H15N3O2S. The van der Waals surface area contributed by atoms with Crippen LogP contribution in [0.5, 0.6) is 0 Å². The summed E-state index contributed by atoms with van der Waals surface area (Å²) >= 11 is 1.32. The molecule has 0 saturated heterocycles. The first-order chi connectivity index (χ1) is 6.88. The molecule has 0 N–H and O–H groups in total. The summed E-state index contributed by atoms with van der Waals surface area (Å²) in [6.45, 7) is 5.54. The van der Waals surface area contributed by atoms with Crippen LogP contribution in [0.15, 0.2) is 11.5 Å². The zero-order valence-electron chi connectivity index (χ0n) is 9.35. The van der Waals surface area contributed by atoms with Gasteiger partial charge in [-0.3, -0.25) is 4.79 Å². The second-order valence-electron chi connectivity index (χ2n) is 4.10. The predicted octanol–water partition coefficient (Wildman–Crippen LogP) is 1.25. The lowest BCUT2D eigenvalue weighted by atomic mass is 10.2. The number of aromatic nitrogens is 3. The minimum Gasteiger partial charge on any atom is -0.459 e. The highest BCUT2D eigenvalue weighted by atomic mass is 32.2. The van der Waals surface area contributed by atoms with Crippen LogP contribution in [0, 0.1) is 0 Å². The lowest BCUT2D eigenvalue weighted by molar-refractivity contribution is -0.151. The van der Waals surface area contributed by atoms with Crippen molar-refractivity contribution in [1.82, 2.24) is 14.8 Å². The van der Waals surface area contributed by atoms with Gasteiger partial charge in [-0.05, 0) is 20.8 Å². The van der Waals surface area contributed by atoms with Gasteiger partial charge >= 0.3 is 5.97 Å². The van der Waals surface area contributed by atoms with Gasteiger partial charge < -0.3 is 9.30 Å². The lowest BCUT2D eigenvalue weighted by Gasteiger charge is -2.19. The molecule has 0 atom stereocenters. The molecule has 0 aliphatic carbocycles. The summed E-state index contributed by atoms with van der Waals surface area (Å²) in [4.78, 5) is 11.4. The molecule has 1 rings (SSSR count). The van der Waals surface area contributed by atoms with E-state index in [0.717, 1.165) is 0 Å². The zero-order valence-corrected chi connectivity index (χ0v) is 10.2. The van der Waals surface area contributed by atoms with Crippen molar-refractivity contribution in [3.8, 4) is 0 Å². The number of ether oxygens (including phenoxy) is 1. The Kier molecular flexibility index (Phi) is 3.73. The monoisotopic (exact) mass is 229 g/mol. The summed E-state index contributed by atoms with van der Waals surface area (Å²) in [5, 5.41) is 8.28. The van der Waals surface area contributed by atoms with Crippen LogP contribution < -0.4 is 0 Å². The van der Waals surface area contributed by atoms with E-state index in [9.17, 15) is 4.79 Å². The Morgan fingerprint density at radius 1 is 1.60 bits per heavy atom. The average molecular weight is 229 g/mol. The maximum atomic E-state index is 11.4. The van der Waals surface area contributed by atoms with Gasteiger partial charge in [-0.2, -0.15) is 0 Å². The van der Waals surface area contributed by atoms with Crippen molar-refractivity contribution >= 4 is 17.7 Å². The summed E-state index contributed by atoms with van der Waals surface area (Å²) in [5.74, 6) is 0.0135. The van der Waals surface area contributed by atoms with Gasteiger partial charge in [-0.15, -0.1) is 10.2 Å². The van der Waals surface area contributed by atoms with E-state index in [1.54, 1.807) is 10.9 Å². The average Bonchev–Trinajstić information content (AvgIpc) is 2.44. The molecule has 84 valence electrons. The lowest BCUT2D eigenvalue weighted by Crippen LogP contribution is -2.25. The van der Waals surface area contributed by atoms with Gasteiger partial charge in [0, 0.05) is 7.05 Å². The van der Waals surface area contributed by atoms with Crippen molar-refractivity contribution in [1.29, 1.82) is 0 Å². The van der Waals surface area contributed by atoms with E-state index in [2.05, 4.69) is 10.2 Å². The van der Waals surface area contributed by atoms with Crippen LogP contribution in [0.1, 0.15) is 20.8 Å². The Morgan fingerprint density at radius 3 is 2.73 bits per heavy atom. The molecule has 0 aliphatic rings. The van der Waals surface area contributed by atoms with Crippen LogP contribution in [0.4, 0.5) is 0 Å². The van der Waals surface area contributed by atoms with Crippen molar-refractivity contribution in [2.45, 2.75) is 31.5 Å². The van der Waals surface area contributed by atoms with E-state index in [1.165, 1.54) is 11.8 Å². The first-order valence-electron chi connectivity index (χ1n) is 4.57. The molecule has 0 fully saturated rings. The third kappa shape index (κ3) is 4.33. The van der Waals surface area contributed by atoms with E-state index < -0.39 is 5.60 Å². The molecule has 1 heterocycles. The summed E-state index contributed by atoms with van der Waals surface area (Å²) < 4.78 is 6.92. The number of hydrogen-bond donors (Lipinski definition) is 0. The standard InChI is InChI=1S/C9H15N3O2S/c1-9(2,3)14-7(13)5-15-8-11-10-6-12(8)4/h6H,5H2,1-4H3. The van der Waals surface area contributed by atoms with Gasteiger partial charge in [0.1, 0.15) is 11.9 Å². The summed E-state index contributed by atoms with van der Waals surface area (Å²) in [6.07, 6.45) is 1.59. The van der Waals surface area contributed by atoms with E-state index in [0.29, 0.717) is 5.16 Å². The number of esters is 1. The van der Waals surface area contributed by atoms with E-state index in [-0.39, 0.29) is 11.7 Å². The highest BCUT2D eigenvalue weighted by Crippen LogP contribution is 2.15. The Morgan fingerprint density at radius 2 is 2.27 bits per heavy atom. The molecule has 0 bridgehead atoms. The van der Waals surface area contributed by atoms with E-state index >= 15 is 0 Å². The fraction of sp³-hybridized carbons (Fsp3) is 0.667. The third-order valence-electron chi connectivity index (χ3n) is 1.41. The molecule has 1 aromatic rings. The summed E-state index contributed by atoms with van der Waals surface area (Å²) in [7, 11) is 1.83. The van der Waals surface area contributed by atoms with Crippen LogP contribution >= 0.6 is 11.8 Å². The second kappa shape index (κ2) is 4.65. The van der Waals surface area contributed by atoms with E-state index in [1.807, 2.05) is 27.8 Å². The molecule has 1 aromatic heterocycles. The normalized spacial score (nSPS) is 11.5. The van der Waals surface area contributed by atoms with Crippen LogP contribution in [0.2, 0.25) is 0 Å². The van der Waals surface area contributed by atoms with Gasteiger partial charge in [-0.25, -0.2) is 0 Å². The van der Waals surface area contributed by atoms with Crippen molar-refractivity contribution < 1.29 is 9.53 Å². The molecule has 5 nitrogen and oxygen atoms in total. The van der Waals surface area contributed by atoms with Crippen molar-refractivity contribution in [2.75, 3.05) is 5.75 Å². The topological polar surface area (TPSA) is 57.0 Å². The Labute approximate surface area is 93.2 Å². The molecule has 0 saturated carbocycles. The predicted molar refractivity (Wildman–Crippen MR) is 57.6 cm³/mol. The number of hydrogen-bond acceptors (Lipinski definition) is 5. The molecule has 0 amide bonds. The molecule has 6 heteroatoms. The molecular weight excluding hydrogens is 214 g/mol. The quantitative estimate of drug-likeness (QED) is 0.576. The van der Waals surface area contributed by atoms with E-state index in [4.69, 9.17) is 4.74 Å². The second-order valence-corrected chi connectivity index (χ2v) is 5.04. The maximum Gasteiger partial charge on any atom is 0.316 e. The van der Waals surface area contributed by atoms with Crippen molar-refractivity contribution in [3.63, 3.8) is 0 Å². The van der Waals surface area contributed by atoms with Crippen LogP contribution in [0.25, 0.3) is 0 Å². The number of aryl methyl sites for hydroxylation is 1. The fourth-order valence-electron chi connectivity index (χ4n) is 0.898. The maximum absolute atomic E-state index is 11.4. The van der Waals surface area contributed by atoms with Gasteiger partial charge in [0.2, 0.25) is 0 Å². The fourth-order valence-corrected chi connectivity index (χ4v) is 1.56. The first-order valence-corrected chi connectivity index (χ1v) is 5.56. The number of thioether (sulfide) groups is 1. The highest BCUT2D eigenvalue weighted by Gasteiger charge is 2.16. The number of carbonyl (C=O) groups is 1. The van der Waals surface area contributed by atoms with Crippen LogP contribution in [0.3, 0.4) is 0 Å². The summed E-state index contributed by atoms with van der Waals surface area (Å²) in [6, 6.07) is 0. The van der Waals surface area contributed by atoms with Gasteiger partial charge in [-0.1, -0.05) is 11.8 Å². The largest absolute Gasteiger partial charge is 0.459 e. The highest BCUT2D eigenvalue weighted by molar-refractivity contribution is 7.99. The number of carbonyl (C=O) groups excluding carboxylic acids is 1. The molecule has 0 aromatic carbocycles. The smallest absolute Gasteiger partial charge is 0.316 e. The Bertz CT molecular complexity index is 343.